The highest BCUT2D eigenvalue weighted by Gasteiger charge is 2.09. The summed E-state index contributed by atoms with van der Waals surface area (Å²) in [6, 6.07) is 7.55. The number of amides is 1. The van der Waals surface area contributed by atoms with Gasteiger partial charge in [0.1, 0.15) is 0 Å². The Bertz CT molecular complexity index is 368. The van der Waals surface area contributed by atoms with E-state index in [1.165, 1.54) is 0 Å². The van der Waals surface area contributed by atoms with Gasteiger partial charge in [0, 0.05) is 11.4 Å². The van der Waals surface area contributed by atoms with Crippen LogP contribution in [0.5, 0.6) is 0 Å². The second-order valence-electron chi connectivity index (χ2n) is 4.05. The van der Waals surface area contributed by atoms with Crippen LogP contribution in [0.4, 0.5) is 0 Å². The largest absolute Gasteiger partial charge is 0.350 e. The molecule has 94 valence electrons. The molecule has 0 aliphatic rings. The van der Waals surface area contributed by atoms with Crippen LogP contribution in [0.1, 0.15) is 31.4 Å². The number of hydrogen-bond donors (Lipinski definition) is 2. The van der Waals surface area contributed by atoms with Crippen molar-refractivity contribution in [3.8, 4) is 0 Å². The average Bonchev–Trinajstić information content (AvgIpc) is 2.29. The molecule has 0 heterocycles. The van der Waals surface area contributed by atoms with Gasteiger partial charge in [-0.05, 0) is 44.6 Å². The third-order valence-electron chi connectivity index (χ3n) is 2.56. The van der Waals surface area contributed by atoms with Gasteiger partial charge in [-0.15, -0.1) is 0 Å². The van der Waals surface area contributed by atoms with E-state index in [4.69, 9.17) is 11.6 Å². The summed E-state index contributed by atoms with van der Waals surface area (Å²) in [4.78, 5) is 11.6. The van der Waals surface area contributed by atoms with Crippen LogP contribution in [-0.4, -0.2) is 19.5 Å². The highest BCUT2D eigenvalue weighted by molar-refractivity contribution is 6.30. The first-order valence-corrected chi connectivity index (χ1v) is 6.20. The fraction of sp³-hybridized carbons (Fsp3) is 0.462. The molecule has 1 aromatic carbocycles. The fourth-order valence-corrected chi connectivity index (χ4v) is 1.80. The molecule has 0 saturated heterocycles. The van der Waals surface area contributed by atoms with E-state index in [1.54, 1.807) is 0 Å². The van der Waals surface area contributed by atoms with E-state index in [9.17, 15) is 4.79 Å². The lowest BCUT2D eigenvalue weighted by atomic mass is 10.1. The van der Waals surface area contributed by atoms with E-state index in [2.05, 4.69) is 10.6 Å². The average molecular weight is 255 g/mol. The van der Waals surface area contributed by atoms with E-state index in [1.807, 2.05) is 38.2 Å². The number of benzene rings is 1. The van der Waals surface area contributed by atoms with Crippen LogP contribution >= 0.6 is 11.6 Å². The zero-order valence-electron chi connectivity index (χ0n) is 10.3. The predicted octanol–water partition coefficient (Wildman–Crippen LogP) is 2.52. The molecule has 2 N–H and O–H groups in total. The van der Waals surface area contributed by atoms with Crippen molar-refractivity contribution in [1.29, 1.82) is 0 Å². The van der Waals surface area contributed by atoms with E-state index in [0.717, 1.165) is 18.5 Å². The first-order chi connectivity index (χ1) is 8.13. The van der Waals surface area contributed by atoms with Crippen LogP contribution < -0.4 is 10.6 Å². The Labute approximate surface area is 108 Å². The molecule has 0 radical (unpaired) electrons. The molecule has 0 fully saturated rings. The van der Waals surface area contributed by atoms with Gasteiger partial charge in [-0.2, -0.15) is 0 Å². The summed E-state index contributed by atoms with van der Waals surface area (Å²) in [5.41, 5.74) is 1.03. The van der Waals surface area contributed by atoms with Crippen LogP contribution in [-0.2, 0) is 4.79 Å². The Kier molecular flexibility index (Phi) is 6.01. The standard InChI is InChI=1S/C13H19ClN2O/c1-10(11-5-3-6-12(14)9-11)16-13(17)7-4-8-15-2/h3,5-6,9-10,15H,4,7-8H2,1-2H3,(H,16,17)/t10-/m1/s1. The van der Waals surface area contributed by atoms with Crippen molar-refractivity contribution in [2.24, 2.45) is 0 Å². The molecule has 0 unspecified atom stereocenters. The molecule has 1 atom stereocenters. The van der Waals surface area contributed by atoms with Gasteiger partial charge in [0.15, 0.2) is 0 Å². The molecule has 0 saturated carbocycles. The second-order valence-corrected chi connectivity index (χ2v) is 4.49. The summed E-state index contributed by atoms with van der Waals surface area (Å²) < 4.78 is 0. The minimum atomic E-state index is -0.00390. The van der Waals surface area contributed by atoms with Gasteiger partial charge in [-0.1, -0.05) is 23.7 Å². The number of rotatable bonds is 6. The molecule has 0 aliphatic carbocycles. The van der Waals surface area contributed by atoms with Gasteiger partial charge in [0.05, 0.1) is 6.04 Å². The van der Waals surface area contributed by atoms with Gasteiger partial charge >= 0.3 is 0 Å². The SMILES string of the molecule is CNCCCC(=O)N[C@H](C)c1cccc(Cl)c1. The van der Waals surface area contributed by atoms with Crippen molar-refractivity contribution in [3.63, 3.8) is 0 Å². The smallest absolute Gasteiger partial charge is 0.220 e. The van der Waals surface area contributed by atoms with E-state index >= 15 is 0 Å². The zero-order chi connectivity index (χ0) is 12.7. The van der Waals surface area contributed by atoms with Crippen LogP contribution in [0, 0.1) is 0 Å². The van der Waals surface area contributed by atoms with Crippen LogP contribution in [0.25, 0.3) is 0 Å². The first-order valence-electron chi connectivity index (χ1n) is 5.83. The first kappa shape index (κ1) is 14.0. The summed E-state index contributed by atoms with van der Waals surface area (Å²) in [5.74, 6) is 0.0766. The van der Waals surface area contributed by atoms with Crippen molar-refractivity contribution >= 4 is 17.5 Å². The second kappa shape index (κ2) is 7.30. The fourth-order valence-electron chi connectivity index (χ4n) is 1.60. The molecule has 1 rings (SSSR count). The summed E-state index contributed by atoms with van der Waals surface area (Å²) in [6.45, 7) is 2.82. The molecule has 1 amide bonds. The maximum Gasteiger partial charge on any atom is 0.220 e. The summed E-state index contributed by atoms with van der Waals surface area (Å²) in [7, 11) is 1.88. The molecule has 4 heteroatoms. The van der Waals surface area contributed by atoms with Gasteiger partial charge in [0.25, 0.3) is 0 Å². The van der Waals surface area contributed by atoms with E-state index < -0.39 is 0 Å². The lowest BCUT2D eigenvalue weighted by Gasteiger charge is -2.14. The number of halogens is 1. The Hall–Kier alpha value is -1.06. The Morgan fingerprint density at radius 3 is 2.88 bits per heavy atom. The molecule has 3 nitrogen and oxygen atoms in total. The van der Waals surface area contributed by atoms with Crippen molar-refractivity contribution in [1.82, 2.24) is 10.6 Å². The van der Waals surface area contributed by atoms with E-state index in [0.29, 0.717) is 11.4 Å². The van der Waals surface area contributed by atoms with Crippen molar-refractivity contribution in [3.05, 3.63) is 34.9 Å². The summed E-state index contributed by atoms with van der Waals surface area (Å²) in [5, 5.41) is 6.67. The van der Waals surface area contributed by atoms with Crippen LogP contribution in [0.15, 0.2) is 24.3 Å². The topological polar surface area (TPSA) is 41.1 Å². The predicted molar refractivity (Wildman–Crippen MR) is 71.2 cm³/mol. The number of carbonyl (C=O) groups is 1. The lowest BCUT2D eigenvalue weighted by Crippen LogP contribution is -2.27. The molecule has 0 aromatic heterocycles. The van der Waals surface area contributed by atoms with Gasteiger partial charge in [-0.3, -0.25) is 4.79 Å². The molecule has 0 spiro atoms. The quantitative estimate of drug-likeness (QED) is 0.766. The molecule has 1 aromatic rings. The highest BCUT2D eigenvalue weighted by atomic mass is 35.5. The Balaban J connectivity index is 2.43. The number of carbonyl (C=O) groups excluding carboxylic acids is 1. The molecule has 0 aliphatic heterocycles. The summed E-state index contributed by atoms with van der Waals surface area (Å²) in [6.07, 6.45) is 1.40. The van der Waals surface area contributed by atoms with E-state index in [-0.39, 0.29) is 11.9 Å². The maximum atomic E-state index is 11.6. The van der Waals surface area contributed by atoms with Gasteiger partial charge < -0.3 is 10.6 Å². The Morgan fingerprint density at radius 2 is 2.24 bits per heavy atom. The van der Waals surface area contributed by atoms with Gasteiger partial charge in [0.2, 0.25) is 5.91 Å². The van der Waals surface area contributed by atoms with Crippen LogP contribution in [0.3, 0.4) is 0 Å². The third kappa shape index (κ3) is 5.20. The molecule has 17 heavy (non-hydrogen) atoms. The van der Waals surface area contributed by atoms with Gasteiger partial charge in [-0.25, -0.2) is 0 Å². The maximum absolute atomic E-state index is 11.6. The molecular weight excluding hydrogens is 236 g/mol. The third-order valence-corrected chi connectivity index (χ3v) is 2.79. The normalized spacial score (nSPS) is 12.2. The van der Waals surface area contributed by atoms with Crippen molar-refractivity contribution in [2.45, 2.75) is 25.8 Å². The molecular formula is C13H19ClN2O. The molecule has 0 bridgehead atoms. The number of nitrogens with one attached hydrogen (secondary N) is 2. The highest BCUT2D eigenvalue weighted by Crippen LogP contribution is 2.17. The van der Waals surface area contributed by atoms with Crippen LogP contribution in [0.2, 0.25) is 5.02 Å². The summed E-state index contributed by atoms with van der Waals surface area (Å²) >= 11 is 5.91. The minimum Gasteiger partial charge on any atom is -0.350 e. The number of hydrogen-bond acceptors (Lipinski definition) is 2. The zero-order valence-corrected chi connectivity index (χ0v) is 11.1. The lowest BCUT2D eigenvalue weighted by molar-refractivity contribution is -0.121. The van der Waals surface area contributed by atoms with Crippen molar-refractivity contribution in [2.75, 3.05) is 13.6 Å². The Morgan fingerprint density at radius 1 is 1.47 bits per heavy atom. The van der Waals surface area contributed by atoms with Crippen molar-refractivity contribution < 1.29 is 4.79 Å². The minimum absolute atomic E-state index is 0.00390. The monoisotopic (exact) mass is 254 g/mol.